The van der Waals surface area contributed by atoms with Gasteiger partial charge in [-0.2, -0.15) is 0 Å². The Bertz CT molecular complexity index is 791. The quantitative estimate of drug-likeness (QED) is 0.719. The minimum atomic E-state index is -0.0148. The molecule has 0 saturated carbocycles. The lowest BCUT2D eigenvalue weighted by molar-refractivity contribution is -0.113. The van der Waals surface area contributed by atoms with E-state index in [0.717, 1.165) is 49.0 Å². The zero-order valence-corrected chi connectivity index (χ0v) is 17.4. The lowest BCUT2D eigenvalue weighted by Crippen LogP contribution is -2.46. The second-order valence-corrected chi connectivity index (χ2v) is 8.14. The van der Waals surface area contributed by atoms with E-state index in [-0.39, 0.29) is 5.91 Å². The summed E-state index contributed by atoms with van der Waals surface area (Å²) in [5.74, 6) is 0.361. The second-order valence-electron chi connectivity index (χ2n) is 6.69. The highest BCUT2D eigenvalue weighted by molar-refractivity contribution is 8.00. The van der Waals surface area contributed by atoms with Crippen molar-refractivity contribution in [2.75, 3.05) is 48.7 Å². The first-order valence-electron chi connectivity index (χ1n) is 9.32. The molecule has 1 aliphatic heterocycles. The fraction of sp³-hybridized carbons (Fsp3) is 0.381. The zero-order chi connectivity index (χ0) is 19.2. The van der Waals surface area contributed by atoms with E-state index in [0.29, 0.717) is 10.8 Å². The summed E-state index contributed by atoms with van der Waals surface area (Å²) in [6.07, 6.45) is 0. The lowest BCUT2D eigenvalue weighted by atomic mass is 10.2. The van der Waals surface area contributed by atoms with Gasteiger partial charge in [-0.3, -0.25) is 4.79 Å². The third-order valence-corrected chi connectivity index (χ3v) is 6.26. The largest absolute Gasteiger partial charge is 0.367 e. The van der Waals surface area contributed by atoms with Gasteiger partial charge in [0.25, 0.3) is 0 Å². The molecule has 0 bridgehead atoms. The van der Waals surface area contributed by atoms with Gasteiger partial charge in [-0.05, 0) is 43.3 Å². The number of amides is 1. The van der Waals surface area contributed by atoms with Crippen LogP contribution in [0.15, 0.2) is 47.4 Å². The SMILES string of the molecule is CCN1CCN(c2ccc(Cl)cc2NC(=O)CSc2ccccc2C)CC1. The molecule has 1 N–H and O–H groups in total. The van der Waals surface area contributed by atoms with Crippen molar-refractivity contribution in [1.82, 2.24) is 4.90 Å². The smallest absolute Gasteiger partial charge is 0.234 e. The Morgan fingerprint density at radius 3 is 2.59 bits per heavy atom. The maximum atomic E-state index is 12.5. The van der Waals surface area contributed by atoms with Gasteiger partial charge < -0.3 is 15.1 Å². The number of rotatable bonds is 6. The highest BCUT2D eigenvalue weighted by Crippen LogP contribution is 2.30. The van der Waals surface area contributed by atoms with Crippen LogP contribution in [0.3, 0.4) is 0 Å². The summed E-state index contributed by atoms with van der Waals surface area (Å²) in [5.41, 5.74) is 3.03. The number of likely N-dealkylation sites (N-methyl/N-ethyl adjacent to an activating group) is 1. The van der Waals surface area contributed by atoms with Crippen LogP contribution in [0.2, 0.25) is 5.02 Å². The van der Waals surface area contributed by atoms with Crippen LogP contribution >= 0.6 is 23.4 Å². The van der Waals surface area contributed by atoms with Crippen LogP contribution in [0.5, 0.6) is 0 Å². The fourth-order valence-corrected chi connectivity index (χ4v) is 4.24. The van der Waals surface area contributed by atoms with Gasteiger partial charge in [0.1, 0.15) is 0 Å². The van der Waals surface area contributed by atoms with Crippen molar-refractivity contribution < 1.29 is 4.79 Å². The summed E-state index contributed by atoms with van der Waals surface area (Å²) in [7, 11) is 0. The van der Waals surface area contributed by atoms with Crippen LogP contribution in [0.4, 0.5) is 11.4 Å². The highest BCUT2D eigenvalue weighted by atomic mass is 35.5. The van der Waals surface area contributed by atoms with Gasteiger partial charge in [0.05, 0.1) is 17.1 Å². The van der Waals surface area contributed by atoms with E-state index in [1.807, 2.05) is 36.4 Å². The highest BCUT2D eigenvalue weighted by Gasteiger charge is 2.19. The molecule has 27 heavy (non-hydrogen) atoms. The second kappa shape index (κ2) is 9.49. The minimum Gasteiger partial charge on any atom is -0.367 e. The molecule has 1 saturated heterocycles. The number of aryl methyl sites for hydroxylation is 1. The zero-order valence-electron chi connectivity index (χ0n) is 15.9. The fourth-order valence-electron chi connectivity index (χ4n) is 3.24. The molecule has 1 heterocycles. The number of anilines is 2. The van der Waals surface area contributed by atoms with Crippen LogP contribution in [0, 0.1) is 6.92 Å². The van der Waals surface area contributed by atoms with Crippen molar-refractivity contribution in [3.63, 3.8) is 0 Å². The number of nitrogens with zero attached hydrogens (tertiary/aromatic N) is 2. The Morgan fingerprint density at radius 2 is 1.89 bits per heavy atom. The maximum Gasteiger partial charge on any atom is 0.234 e. The van der Waals surface area contributed by atoms with Gasteiger partial charge in [-0.1, -0.05) is 36.7 Å². The van der Waals surface area contributed by atoms with Crippen molar-refractivity contribution in [2.45, 2.75) is 18.7 Å². The molecule has 1 fully saturated rings. The Morgan fingerprint density at radius 1 is 1.15 bits per heavy atom. The molecule has 2 aromatic carbocycles. The molecule has 6 heteroatoms. The number of carbonyl (C=O) groups excluding carboxylic acids is 1. The topological polar surface area (TPSA) is 35.6 Å². The molecular weight excluding hydrogens is 378 g/mol. The summed E-state index contributed by atoms with van der Waals surface area (Å²) in [4.78, 5) is 18.4. The molecule has 0 aromatic heterocycles. The van der Waals surface area contributed by atoms with Crippen LogP contribution in [0.25, 0.3) is 0 Å². The van der Waals surface area contributed by atoms with Crippen molar-refractivity contribution >= 4 is 40.6 Å². The Labute approximate surface area is 170 Å². The van der Waals surface area contributed by atoms with Gasteiger partial charge in [-0.25, -0.2) is 0 Å². The van der Waals surface area contributed by atoms with E-state index in [4.69, 9.17) is 11.6 Å². The summed E-state index contributed by atoms with van der Waals surface area (Å²) in [6.45, 7) is 9.31. The molecule has 0 radical (unpaired) electrons. The first-order chi connectivity index (χ1) is 13.1. The Balaban J connectivity index is 1.66. The number of hydrogen-bond donors (Lipinski definition) is 1. The molecule has 0 atom stereocenters. The summed E-state index contributed by atoms with van der Waals surface area (Å²) >= 11 is 7.75. The van der Waals surface area contributed by atoms with Gasteiger partial charge in [0.2, 0.25) is 5.91 Å². The number of halogens is 1. The standard InChI is InChI=1S/C21H26ClN3OS/c1-3-24-10-12-25(13-11-24)19-9-8-17(22)14-18(19)23-21(26)15-27-20-7-5-4-6-16(20)2/h4-9,14H,3,10-13,15H2,1-2H3,(H,23,26). The monoisotopic (exact) mass is 403 g/mol. The van der Waals surface area contributed by atoms with E-state index in [9.17, 15) is 4.79 Å². The number of nitrogens with one attached hydrogen (secondary N) is 1. The Hall–Kier alpha value is -1.69. The lowest BCUT2D eigenvalue weighted by Gasteiger charge is -2.36. The van der Waals surface area contributed by atoms with Gasteiger partial charge in [-0.15, -0.1) is 11.8 Å². The van der Waals surface area contributed by atoms with E-state index < -0.39 is 0 Å². The van der Waals surface area contributed by atoms with Gasteiger partial charge in [0.15, 0.2) is 0 Å². The molecular formula is C21H26ClN3OS. The number of hydrogen-bond acceptors (Lipinski definition) is 4. The van der Waals surface area contributed by atoms with Crippen LogP contribution < -0.4 is 10.2 Å². The number of benzene rings is 2. The summed E-state index contributed by atoms with van der Waals surface area (Å²) in [6, 6.07) is 13.9. The molecule has 0 aliphatic carbocycles. The molecule has 1 amide bonds. The molecule has 1 aliphatic rings. The first-order valence-corrected chi connectivity index (χ1v) is 10.7. The summed E-state index contributed by atoms with van der Waals surface area (Å²) in [5, 5.41) is 3.70. The van der Waals surface area contributed by atoms with Crippen molar-refractivity contribution in [1.29, 1.82) is 0 Å². The van der Waals surface area contributed by atoms with Crippen molar-refractivity contribution in [3.05, 3.63) is 53.1 Å². The van der Waals surface area contributed by atoms with Crippen LogP contribution in [0.1, 0.15) is 12.5 Å². The van der Waals surface area contributed by atoms with Crippen molar-refractivity contribution in [3.8, 4) is 0 Å². The number of thioether (sulfide) groups is 1. The normalized spacial score (nSPS) is 15.0. The average Bonchev–Trinajstić information content (AvgIpc) is 2.68. The molecule has 0 spiro atoms. The molecule has 2 aromatic rings. The van der Waals surface area contributed by atoms with Gasteiger partial charge >= 0.3 is 0 Å². The Kier molecular flexibility index (Phi) is 7.05. The number of carbonyl (C=O) groups is 1. The van der Waals surface area contributed by atoms with Gasteiger partial charge in [0, 0.05) is 36.1 Å². The van der Waals surface area contributed by atoms with Crippen molar-refractivity contribution in [2.24, 2.45) is 0 Å². The maximum absolute atomic E-state index is 12.5. The molecule has 144 valence electrons. The van der Waals surface area contributed by atoms with Crippen LogP contribution in [-0.2, 0) is 4.79 Å². The third-order valence-electron chi connectivity index (χ3n) is 4.85. The number of piperazine rings is 1. The molecule has 4 nitrogen and oxygen atoms in total. The summed E-state index contributed by atoms with van der Waals surface area (Å²) < 4.78 is 0. The van der Waals surface area contributed by atoms with E-state index >= 15 is 0 Å². The first kappa shape index (κ1) is 20.1. The van der Waals surface area contributed by atoms with Crippen LogP contribution in [-0.4, -0.2) is 49.3 Å². The predicted molar refractivity (Wildman–Crippen MR) is 116 cm³/mol. The predicted octanol–water partition coefficient (Wildman–Crippen LogP) is 4.52. The average molecular weight is 404 g/mol. The molecule has 3 rings (SSSR count). The third kappa shape index (κ3) is 5.41. The van der Waals surface area contributed by atoms with E-state index in [1.165, 1.54) is 5.56 Å². The molecule has 0 unspecified atom stereocenters. The van der Waals surface area contributed by atoms with E-state index in [1.54, 1.807) is 11.8 Å². The minimum absolute atomic E-state index is 0.0148. The van der Waals surface area contributed by atoms with E-state index in [2.05, 4.69) is 35.0 Å².